The van der Waals surface area contributed by atoms with Gasteiger partial charge in [0, 0.05) is 13.0 Å². The van der Waals surface area contributed by atoms with E-state index in [1.165, 1.54) is 28.3 Å². The van der Waals surface area contributed by atoms with Crippen LogP contribution in [-0.2, 0) is 6.42 Å². The predicted molar refractivity (Wildman–Crippen MR) is 97.5 cm³/mol. The molecule has 3 N–H and O–H groups in total. The van der Waals surface area contributed by atoms with Gasteiger partial charge in [0.2, 0.25) is 0 Å². The molecule has 0 atom stereocenters. The Morgan fingerprint density at radius 3 is 3.00 bits per heavy atom. The Kier molecular flexibility index (Phi) is 4.37. The minimum Gasteiger partial charge on any atom is -0.352 e. The summed E-state index contributed by atoms with van der Waals surface area (Å²) in [5.41, 5.74) is 4.86. The average Bonchev–Trinajstić information content (AvgIpc) is 3.41. The number of hydrogen-bond donors (Lipinski definition) is 3. The first-order chi connectivity index (χ1) is 13.1. The van der Waals surface area contributed by atoms with Gasteiger partial charge >= 0.3 is 0 Å². The molecule has 138 valence electrons. The third-order valence-corrected chi connectivity index (χ3v) is 4.55. The first kappa shape index (κ1) is 16.9. The summed E-state index contributed by atoms with van der Waals surface area (Å²) in [7, 11) is 0. The van der Waals surface area contributed by atoms with E-state index >= 15 is 0 Å². The Morgan fingerprint density at radius 2 is 2.19 bits per heavy atom. The summed E-state index contributed by atoms with van der Waals surface area (Å²) < 4.78 is 1.36. The third-order valence-electron chi connectivity index (χ3n) is 4.55. The van der Waals surface area contributed by atoms with E-state index in [0.29, 0.717) is 17.9 Å². The first-order valence-electron chi connectivity index (χ1n) is 8.63. The number of aromatic nitrogens is 8. The number of tetrazole rings is 1. The van der Waals surface area contributed by atoms with Crippen LogP contribution < -0.4 is 5.32 Å². The van der Waals surface area contributed by atoms with Gasteiger partial charge in [0.1, 0.15) is 17.7 Å². The Labute approximate surface area is 154 Å². The Balaban J connectivity index is 1.35. The van der Waals surface area contributed by atoms with Gasteiger partial charge in [-0.3, -0.25) is 9.89 Å². The largest absolute Gasteiger partial charge is 0.352 e. The zero-order valence-corrected chi connectivity index (χ0v) is 15.0. The summed E-state index contributed by atoms with van der Waals surface area (Å²) in [4.78, 5) is 20.4. The second-order valence-electron chi connectivity index (χ2n) is 6.33. The Morgan fingerprint density at radius 1 is 1.30 bits per heavy atom. The minimum absolute atomic E-state index is 0.231. The van der Waals surface area contributed by atoms with Gasteiger partial charge in [-0.25, -0.2) is 4.98 Å². The van der Waals surface area contributed by atoms with Crippen molar-refractivity contribution in [3.8, 4) is 5.82 Å². The quantitative estimate of drug-likeness (QED) is 0.441. The number of carbonyl (C=O) groups is 1. The molecule has 0 saturated carbocycles. The summed E-state index contributed by atoms with van der Waals surface area (Å²) in [5.74, 6) is 1.12. The summed E-state index contributed by atoms with van der Waals surface area (Å²) in [6.07, 6.45) is 4.37. The molecule has 0 aliphatic heterocycles. The predicted octanol–water partition coefficient (Wildman–Crippen LogP) is 1.24. The molecule has 0 radical (unpaired) electrons. The average molecular weight is 365 g/mol. The van der Waals surface area contributed by atoms with Crippen molar-refractivity contribution < 1.29 is 4.79 Å². The molecule has 0 aliphatic rings. The van der Waals surface area contributed by atoms with E-state index in [0.717, 1.165) is 29.7 Å². The molecule has 1 aromatic carbocycles. The molecule has 0 fully saturated rings. The molecule has 10 heteroatoms. The van der Waals surface area contributed by atoms with Crippen LogP contribution in [0, 0.1) is 13.8 Å². The van der Waals surface area contributed by atoms with Crippen molar-refractivity contribution in [2.24, 2.45) is 0 Å². The van der Waals surface area contributed by atoms with Crippen LogP contribution in [0.25, 0.3) is 16.9 Å². The van der Waals surface area contributed by atoms with E-state index in [2.05, 4.69) is 67.0 Å². The van der Waals surface area contributed by atoms with E-state index in [-0.39, 0.29) is 5.91 Å². The number of amides is 1. The maximum absolute atomic E-state index is 12.4. The summed E-state index contributed by atoms with van der Waals surface area (Å²) >= 11 is 0. The highest BCUT2D eigenvalue weighted by Crippen LogP contribution is 2.19. The normalized spacial score (nSPS) is 11.2. The number of hydrogen-bond acceptors (Lipinski definition) is 6. The number of fused-ring (bicyclic) bond motifs is 1. The smallest absolute Gasteiger partial charge is 0.256 e. The molecule has 4 aromatic rings. The number of benzene rings is 1. The minimum atomic E-state index is -0.231. The topological polar surface area (TPSA) is 130 Å². The summed E-state index contributed by atoms with van der Waals surface area (Å²) in [6.45, 7) is 4.68. The van der Waals surface area contributed by atoms with Crippen LogP contribution in [0.2, 0.25) is 0 Å². The monoisotopic (exact) mass is 365 g/mol. The second-order valence-corrected chi connectivity index (χ2v) is 6.33. The highest BCUT2D eigenvalue weighted by Gasteiger charge is 2.16. The number of carbonyl (C=O) groups excluding carboxylic acids is 1. The van der Waals surface area contributed by atoms with Crippen molar-refractivity contribution in [2.75, 3.05) is 6.54 Å². The van der Waals surface area contributed by atoms with Crippen LogP contribution in [0.5, 0.6) is 0 Å². The number of H-pyrrole nitrogens is 2. The maximum atomic E-state index is 12.4. The van der Waals surface area contributed by atoms with Crippen molar-refractivity contribution in [2.45, 2.75) is 26.7 Å². The Hall–Kier alpha value is -3.56. The van der Waals surface area contributed by atoms with Gasteiger partial charge in [-0.15, -0.1) is 5.10 Å². The fourth-order valence-electron chi connectivity index (χ4n) is 2.92. The van der Waals surface area contributed by atoms with Gasteiger partial charge in [-0.2, -0.15) is 9.78 Å². The van der Waals surface area contributed by atoms with Crippen LogP contribution in [0.15, 0.2) is 24.7 Å². The molecule has 4 rings (SSSR count). The standard InChI is InChI=1S/C17H19N9O/c1-10-5-6-13-15(11(10)2)22-14(21-13)4-3-7-18-17(27)12-8-19-23-16(12)26-9-20-24-25-26/h5-6,8-9H,3-4,7H2,1-2H3,(H,18,27)(H,19,23)(H,21,22). The molecule has 3 aromatic heterocycles. The molecular weight excluding hydrogens is 346 g/mol. The molecule has 0 unspecified atom stereocenters. The van der Waals surface area contributed by atoms with Crippen LogP contribution in [-0.4, -0.2) is 52.8 Å². The van der Waals surface area contributed by atoms with Crippen molar-refractivity contribution in [1.82, 2.24) is 45.7 Å². The number of imidazole rings is 1. The van der Waals surface area contributed by atoms with E-state index in [1.807, 2.05) is 0 Å². The first-order valence-corrected chi connectivity index (χ1v) is 8.63. The maximum Gasteiger partial charge on any atom is 0.256 e. The van der Waals surface area contributed by atoms with Crippen molar-refractivity contribution in [3.05, 3.63) is 47.2 Å². The fourth-order valence-corrected chi connectivity index (χ4v) is 2.92. The van der Waals surface area contributed by atoms with E-state index in [4.69, 9.17) is 0 Å². The van der Waals surface area contributed by atoms with E-state index in [9.17, 15) is 4.79 Å². The lowest BCUT2D eigenvalue weighted by molar-refractivity contribution is 0.0953. The zero-order valence-electron chi connectivity index (χ0n) is 15.0. The molecule has 0 aliphatic carbocycles. The SMILES string of the molecule is Cc1ccc2[nH]c(CCCNC(=O)c3cn[nH]c3-n3cnnn3)nc2c1C. The van der Waals surface area contributed by atoms with Crippen molar-refractivity contribution in [3.63, 3.8) is 0 Å². The van der Waals surface area contributed by atoms with Gasteiger partial charge in [0.15, 0.2) is 5.82 Å². The number of nitrogens with one attached hydrogen (secondary N) is 3. The van der Waals surface area contributed by atoms with E-state index in [1.54, 1.807) is 0 Å². The van der Waals surface area contributed by atoms with Gasteiger partial charge in [-0.1, -0.05) is 6.07 Å². The summed E-state index contributed by atoms with van der Waals surface area (Å²) in [6, 6.07) is 4.14. The number of aromatic amines is 2. The van der Waals surface area contributed by atoms with Crippen LogP contribution in [0.4, 0.5) is 0 Å². The molecule has 3 heterocycles. The zero-order chi connectivity index (χ0) is 18.8. The molecule has 0 saturated heterocycles. The molecule has 1 amide bonds. The molecular formula is C17H19N9O. The number of rotatable bonds is 6. The third kappa shape index (κ3) is 3.28. The lowest BCUT2D eigenvalue weighted by Gasteiger charge is -2.04. The van der Waals surface area contributed by atoms with Crippen molar-refractivity contribution >= 4 is 16.9 Å². The van der Waals surface area contributed by atoms with Crippen LogP contribution in [0.3, 0.4) is 0 Å². The molecule has 10 nitrogen and oxygen atoms in total. The van der Waals surface area contributed by atoms with Crippen LogP contribution >= 0.6 is 0 Å². The number of aryl methyl sites for hydroxylation is 3. The Bertz CT molecular complexity index is 1080. The summed E-state index contributed by atoms with van der Waals surface area (Å²) in [5, 5.41) is 20.4. The molecule has 27 heavy (non-hydrogen) atoms. The second kappa shape index (κ2) is 6.98. The lowest BCUT2D eigenvalue weighted by atomic mass is 10.1. The fraction of sp³-hybridized carbons (Fsp3) is 0.294. The molecule has 0 bridgehead atoms. The highest BCUT2D eigenvalue weighted by atomic mass is 16.1. The lowest BCUT2D eigenvalue weighted by Crippen LogP contribution is -2.25. The van der Waals surface area contributed by atoms with Gasteiger partial charge in [0.25, 0.3) is 5.91 Å². The van der Waals surface area contributed by atoms with Crippen molar-refractivity contribution in [1.29, 1.82) is 0 Å². The van der Waals surface area contributed by atoms with Gasteiger partial charge in [-0.05, 0) is 47.9 Å². The highest BCUT2D eigenvalue weighted by molar-refractivity contribution is 5.96. The van der Waals surface area contributed by atoms with Gasteiger partial charge in [0.05, 0.1) is 17.2 Å². The van der Waals surface area contributed by atoms with Crippen LogP contribution in [0.1, 0.15) is 33.7 Å². The van der Waals surface area contributed by atoms with Gasteiger partial charge < -0.3 is 10.3 Å². The van der Waals surface area contributed by atoms with E-state index < -0.39 is 0 Å². The number of nitrogens with zero attached hydrogens (tertiary/aromatic N) is 6. The molecule has 0 spiro atoms.